The van der Waals surface area contributed by atoms with E-state index in [4.69, 9.17) is 9.84 Å². The minimum Gasteiger partial charge on any atom is -0.480 e. The molecule has 0 radical (unpaired) electrons. The van der Waals surface area contributed by atoms with Crippen molar-refractivity contribution in [1.29, 1.82) is 0 Å². The van der Waals surface area contributed by atoms with Crippen molar-refractivity contribution in [3.8, 4) is 0 Å². The Morgan fingerprint density at radius 2 is 2.31 bits per heavy atom. The minimum atomic E-state index is -0.843. The highest BCUT2D eigenvalue weighted by Crippen LogP contribution is 2.25. The Kier molecular flexibility index (Phi) is 3.54. The van der Waals surface area contributed by atoms with Crippen LogP contribution in [0.5, 0.6) is 0 Å². The molecular formula is C12H15NO3. The zero-order valence-electron chi connectivity index (χ0n) is 8.98. The SMILES string of the molecule is O=C(O)CNCC1OCCc2ccccc21. The molecule has 0 fully saturated rings. The molecule has 0 bridgehead atoms. The number of carboxylic acids is 1. The Bertz CT molecular complexity index is 378. The van der Waals surface area contributed by atoms with Gasteiger partial charge in [0.15, 0.2) is 0 Å². The number of hydrogen-bond donors (Lipinski definition) is 2. The Morgan fingerprint density at radius 3 is 3.12 bits per heavy atom. The van der Waals surface area contributed by atoms with E-state index >= 15 is 0 Å². The van der Waals surface area contributed by atoms with Crippen molar-refractivity contribution in [2.24, 2.45) is 0 Å². The number of nitrogens with one attached hydrogen (secondary N) is 1. The van der Waals surface area contributed by atoms with Gasteiger partial charge in [0.05, 0.1) is 19.3 Å². The lowest BCUT2D eigenvalue weighted by atomic mass is 9.97. The predicted molar refractivity (Wildman–Crippen MR) is 59.3 cm³/mol. The highest BCUT2D eigenvalue weighted by molar-refractivity contribution is 5.69. The molecule has 1 atom stereocenters. The van der Waals surface area contributed by atoms with Crippen molar-refractivity contribution in [1.82, 2.24) is 5.32 Å². The van der Waals surface area contributed by atoms with E-state index in [1.807, 2.05) is 18.2 Å². The summed E-state index contributed by atoms with van der Waals surface area (Å²) in [7, 11) is 0. The smallest absolute Gasteiger partial charge is 0.317 e. The molecule has 1 heterocycles. The summed E-state index contributed by atoms with van der Waals surface area (Å²) in [4.78, 5) is 10.4. The third-order valence-corrected chi connectivity index (χ3v) is 2.70. The van der Waals surface area contributed by atoms with E-state index in [1.165, 1.54) is 11.1 Å². The third-order valence-electron chi connectivity index (χ3n) is 2.70. The molecule has 1 unspecified atom stereocenters. The molecule has 16 heavy (non-hydrogen) atoms. The normalized spacial score (nSPS) is 19.1. The van der Waals surface area contributed by atoms with Crippen LogP contribution in [0, 0.1) is 0 Å². The minimum absolute atomic E-state index is 0.0238. The highest BCUT2D eigenvalue weighted by atomic mass is 16.5. The van der Waals surface area contributed by atoms with Gasteiger partial charge in [-0.3, -0.25) is 4.79 Å². The fourth-order valence-electron chi connectivity index (χ4n) is 1.96. The van der Waals surface area contributed by atoms with E-state index in [2.05, 4.69) is 11.4 Å². The fraction of sp³-hybridized carbons (Fsp3) is 0.417. The highest BCUT2D eigenvalue weighted by Gasteiger charge is 2.19. The van der Waals surface area contributed by atoms with E-state index in [0.29, 0.717) is 13.2 Å². The van der Waals surface area contributed by atoms with E-state index in [-0.39, 0.29) is 12.6 Å². The Hall–Kier alpha value is -1.39. The first-order valence-corrected chi connectivity index (χ1v) is 5.39. The molecule has 0 saturated carbocycles. The summed E-state index contributed by atoms with van der Waals surface area (Å²) in [6.07, 6.45) is 0.912. The molecule has 86 valence electrons. The first kappa shape index (κ1) is 11.1. The van der Waals surface area contributed by atoms with Gasteiger partial charge in [-0.1, -0.05) is 24.3 Å². The number of hydrogen-bond acceptors (Lipinski definition) is 3. The second kappa shape index (κ2) is 5.09. The lowest BCUT2D eigenvalue weighted by molar-refractivity contribution is -0.136. The quantitative estimate of drug-likeness (QED) is 0.795. The summed E-state index contributed by atoms with van der Waals surface area (Å²) in [5, 5.41) is 11.4. The maximum absolute atomic E-state index is 10.4. The van der Waals surface area contributed by atoms with Crippen molar-refractivity contribution in [2.45, 2.75) is 12.5 Å². The maximum Gasteiger partial charge on any atom is 0.317 e. The van der Waals surface area contributed by atoms with Gasteiger partial charge in [-0.2, -0.15) is 0 Å². The molecular weight excluding hydrogens is 206 g/mol. The molecule has 0 amide bonds. The number of aliphatic carboxylic acids is 1. The molecule has 0 saturated heterocycles. The van der Waals surface area contributed by atoms with Crippen LogP contribution in [-0.2, 0) is 16.0 Å². The summed E-state index contributed by atoms with van der Waals surface area (Å²) in [5.41, 5.74) is 2.47. The molecule has 0 aliphatic carbocycles. The topological polar surface area (TPSA) is 58.6 Å². The second-order valence-electron chi connectivity index (χ2n) is 3.83. The molecule has 4 heteroatoms. The molecule has 0 spiro atoms. The van der Waals surface area contributed by atoms with Crippen molar-refractivity contribution in [2.75, 3.05) is 19.7 Å². The summed E-state index contributed by atoms with van der Waals surface area (Å²) < 4.78 is 5.63. The lowest BCUT2D eigenvalue weighted by Gasteiger charge is -2.26. The summed E-state index contributed by atoms with van der Waals surface area (Å²) in [6, 6.07) is 8.15. The molecule has 4 nitrogen and oxygen atoms in total. The van der Waals surface area contributed by atoms with Crippen molar-refractivity contribution >= 4 is 5.97 Å². The molecule has 1 aromatic rings. The molecule has 2 rings (SSSR count). The van der Waals surface area contributed by atoms with E-state index in [1.54, 1.807) is 0 Å². The van der Waals surface area contributed by atoms with Crippen LogP contribution in [0.4, 0.5) is 0 Å². The van der Waals surface area contributed by atoms with Crippen LogP contribution in [0.2, 0.25) is 0 Å². The van der Waals surface area contributed by atoms with Gasteiger partial charge in [-0.15, -0.1) is 0 Å². The Morgan fingerprint density at radius 1 is 1.50 bits per heavy atom. The molecule has 2 N–H and O–H groups in total. The number of ether oxygens (including phenoxy) is 1. The largest absolute Gasteiger partial charge is 0.480 e. The number of benzene rings is 1. The predicted octanol–water partition coefficient (Wildman–Crippen LogP) is 0.975. The van der Waals surface area contributed by atoms with Crippen molar-refractivity contribution < 1.29 is 14.6 Å². The van der Waals surface area contributed by atoms with E-state index in [0.717, 1.165) is 6.42 Å². The van der Waals surface area contributed by atoms with Gasteiger partial charge in [0.2, 0.25) is 0 Å². The third kappa shape index (κ3) is 2.59. The van der Waals surface area contributed by atoms with Gasteiger partial charge < -0.3 is 15.2 Å². The molecule has 0 aromatic heterocycles. The lowest BCUT2D eigenvalue weighted by Crippen LogP contribution is -2.30. The summed E-state index contributed by atoms with van der Waals surface area (Å²) in [5.74, 6) is -0.843. The average Bonchev–Trinajstić information content (AvgIpc) is 2.29. The van der Waals surface area contributed by atoms with Crippen LogP contribution in [0.1, 0.15) is 17.2 Å². The van der Waals surface area contributed by atoms with Gasteiger partial charge in [0, 0.05) is 6.54 Å². The number of carboxylic acid groups (broad SMARTS) is 1. The van der Waals surface area contributed by atoms with Gasteiger partial charge in [-0.05, 0) is 17.5 Å². The van der Waals surface area contributed by atoms with Crippen LogP contribution in [0.3, 0.4) is 0 Å². The van der Waals surface area contributed by atoms with Crippen LogP contribution in [0.25, 0.3) is 0 Å². The van der Waals surface area contributed by atoms with Crippen molar-refractivity contribution in [3.63, 3.8) is 0 Å². The van der Waals surface area contributed by atoms with Crippen LogP contribution in [-0.4, -0.2) is 30.8 Å². The second-order valence-corrected chi connectivity index (χ2v) is 3.83. The first-order chi connectivity index (χ1) is 7.77. The average molecular weight is 221 g/mol. The standard InChI is InChI=1S/C12H15NO3/c14-12(15)8-13-7-11-10-4-2-1-3-9(10)5-6-16-11/h1-4,11,13H,5-8H2,(H,14,15). The van der Waals surface area contributed by atoms with Crippen molar-refractivity contribution in [3.05, 3.63) is 35.4 Å². The molecule has 1 aliphatic heterocycles. The Labute approximate surface area is 94.2 Å². The van der Waals surface area contributed by atoms with Gasteiger partial charge in [0.1, 0.15) is 0 Å². The summed E-state index contributed by atoms with van der Waals surface area (Å²) >= 11 is 0. The maximum atomic E-state index is 10.4. The van der Waals surface area contributed by atoms with Crippen LogP contribution >= 0.6 is 0 Å². The molecule has 1 aliphatic rings. The number of fused-ring (bicyclic) bond motifs is 1. The number of rotatable bonds is 4. The Balaban J connectivity index is 1.99. The number of carbonyl (C=O) groups is 1. The van der Waals surface area contributed by atoms with Gasteiger partial charge >= 0.3 is 5.97 Å². The van der Waals surface area contributed by atoms with Crippen LogP contribution in [0.15, 0.2) is 24.3 Å². The van der Waals surface area contributed by atoms with E-state index < -0.39 is 5.97 Å². The zero-order valence-corrected chi connectivity index (χ0v) is 8.98. The fourth-order valence-corrected chi connectivity index (χ4v) is 1.96. The van der Waals surface area contributed by atoms with Crippen LogP contribution < -0.4 is 5.32 Å². The monoisotopic (exact) mass is 221 g/mol. The zero-order chi connectivity index (χ0) is 11.4. The van der Waals surface area contributed by atoms with Gasteiger partial charge in [0.25, 0.3) is 0 Å². The molecule has 1 aromatic carbocycles. The van der Waals surface area contributed by atoms with Gasteiger partial charge in [-0.25, -0.2) is 0 Å². The summed E-state index contributed by atoms with van der Waals surface area (Å²) in [6.45, 7) is 1.22. The van der Waals surface area contributed by atoms with E-state index in [9.17, 15) is 4.79 Å². The first-order valence-electron chi connectivity index (χ1n) is 5.39.